The van der Waals surface area contributed by atoms with Crippen LogP contribution in [0.5, 0.6) is 0 Å². The van der Waals surface area contributed by atoms with Crippen molar-refractivity contribution in [3.8, 4) is 0 Å². The van der Waals surface area contributed by atoms with Gasteiger partial charge in [-0.1, -0.05) is 0 Å². The lowest BCUT2D eigenvalue weighted by Crippen LogP contribution is -2.57. The molecule has 0 aromatic heterocycles. The van der Waals surface area contributed by atoms with Crippen LogP contribution in [0.3, 0.4) is 0 Å². The highest BCUT2D eigenvalue weighted by Crippen LogP contribution is 2.17. The van der Waals surface area contributed by atoms with Crippen LogP contribution in [0.15, 0.2) is 0 Å². The lowest BCUT2D eigenvalue weighted by Gasteiger charge is -2.22. The third kappa shape index (κ3) is 1.90. The number of carbonyl (C=O) groups excluding carboxylic acids is 2. The zero-order chi connectivity index (χ0) is 11.8. The normalized spacial score (nSPS) is 34.5. The molecule has 6 nitrogen and oxygen atoms in total. The molecule has 0 aliphatic carbocycles. The second-order valence-corrected chi connectivity index (χ2v) is 4.53. The number of nitrogens with zero attached hydrogens (tertiary/aromatic N) is 1. The van der Waals surface area contributed by atoms with Gasteiger partial charge in [-0.25, -0.2) is 0 Å². The summed E-state index contributed by atoms with van der Waals surface area (Å²) in [7, 11) is 1.73. The SMILES string of the molecule is CN1CCC(NC(=O)C2(N)CCOC2)C1=O. The molecule has 0 spiro atoms. The first-order chi connectivity index (χ1) is 7.53. The van der Waals surface area contributed by atoms with Crippen LogP contribution in [0.25, 0.3) is 0 Å². The molecule has 2 rings (SSSR count). The summed E-state index contributed by atoms with van der Waals surface area (Å²) < 4.78 is 5.11. The Bertz CT molecular complexity index is 312. The second-order valence-electron chi connectivity index (χ2n) is 4.53. The molecule has 0 bridgehead atoms. The van der Waals surface area contributed by atoms with Crippen molar-refractivity contribution < 1.29 is 14.3 Å². The third-order valence-corrected chi connectivity index (χ3v) is 3.24. The van der Waals surface area contributed by atoms with E-state index in [2.05, 4.69) is 5.32 Å². The van der Waals surface area contributed by atoms with Crippen LogP contribution in [-0.2, 0) is 14.3 Å². The molecule has 2 fully saturated rings. The minimum absolute atomic E-state index is 0.0455. The summed E-state index contributed by atoms with van der Waals surface area (Å²) in [6, 6.07) is -0.418. The summed E-state index contributed by atoms with van der Waals surface area (Å²) >= 11 is 0. The van der Waals surface area contributed by atoms with Gasteiger partial charge in [-0.15, -0.1) is 0 Å². The average Bonchev–Trinajstić information content (AvgIpc) is 2.81. The summed E-state index contributed by atoms with van der Waals surface area (Å²) in [6.07, 6.45) is 1.16. The molecule has 2 saturated heterocycles. The van der Waals surface area contributed by atoms with Crippen molar-refractivity contribution in [2.45, 2.75) is 24.4 Å². The largest absolute Gasteiger partial charge is 0.379 e. The molecule has 6 heteroatoms. The van der Waals surface area contributed by atoms with Crippen LogP contribution >= 0.6 is 0 Å². The Labute approximate surface area is 94.1 Å². The first kappa shape index (κ1) is 11.3. The second kappa shape index (κ2) is 4.03. The number of rotatable bonds is 2. The van der Waals surface area contributed by atoms with Crippen LogP contribution in [0.4, 0.5) is 0 Å². The fourth-order valence-corrected chi connectivity index (χ4v) is 2.02. The lowest BCUT2D eigenvalue weighted by molar-refractivity contribution is -0.133. The van der Waals surface area contributed by atoms with Gasteiger partial charge in [0.05, 0.1) is 6.61 Å². The molecule has 0 saturated carbocycles. The van der Waals surface area contributed by atoms with Crippen molar-refractivity contribution in [3.63, 3.8) is 0 Å². The molecule has 2 amide bonds. The molecular weight excluding hydrogens is 210 g/mol. The number of ether oxygens (including phenoxy) is 1. The molecule has 2 unspecified atom stereocenters. The zero-order valence-electron chi connectivity index (χ0n) is 9.36. The van der Waals surface area contributed by atoms with E-state index < -0.39 is 11.6 Å². The number of carbonyl (C=O) groups is 2. The summed E-state index contributed by atoms with van der Waals surface area (Å²) in [5.74, 6) is -0.325. The number of hydrogen-bond acceptors (Lipinski definition) is 4. The van der Waals surface area contributed by atoms with Gasteiger partial charge in [-0.2, -0.15) is 0 Å². The highest BCUT2D eigenvalue weighted by molar-refractivity contribution is 5.93. The molecule has 90 valence electrons. The van der Waals surface area contributed by atoms with E-state index in [0.717, 1.165) is 0 Å². The standard InChI is InChI=1S/C10H17N3O3/c1-13-4-2-7(8(13)14)12-9(15)10(11)3-5-16-6-10/h7H,2-6,11H2,1H3,(H,12,15). The summed E-state index contributed by atoms with van der Waals surface area (Å²) in [4.78, 5) is 25.1. The van der Waals surface area contributed by atoms with Crippen molar-refractivity contribution in [1.82, 2.24) is 10.2 Å². The fraction of sp³-hybridized carbons (Fsp3) is 0.800. The topological polar surface area (TPSA) is 84.7 Å². The van der Waals surface area contributed by atoms with E-state index >= 15 is 0 Å². The van der Waals surface area contributed by atoms with Crippen molar-refractivity contribution in [2.75, 3.05) is 26.8 Å². The molecule has 2 aliphatic heterocycles. The van der Waals surface area contributed by atoms with Crippen LogP contribution in [-0.4, -0.2) is 55.1 Å². The van der Waals surface area contributed by atoms with Crippen molar-refractivity contribution in [2.24, 2.45) is 5.73 Å². The predicted molar refractivity (Wildman–Crippen MR) is 56.5 cm³/mol. The van der Waals surface area contributed by atoms with Gasteiger partial charge >= 0.3 is 0 Å². The van der Waals surface area contributed by atoms with E-state index in [-0.39, 0.29) is 18.4 Å². The molecule has 0 radical (unpaired) electrons. The molecule has 0 aromatic carbocycles. The lowest BCUT2D eigenvalue weighted by atomic mass is 9.98. The fourth-order valence-electron chi connectivity index (χ4n) is 2.02. The molecular formula is C10H17N3O3. The van der Waals surface area contributed by atoms with Gasteiger partial charge < -0.3 is 20.7 Å². The minimum atomic E-state index is -0.957. The monoisotopic (exact) mass is 227 g/mol. The first-order valence-corrected chi connectivity index (χ1v) is 5.45. The third-order valence-electron chi connectivity index (χ3n) is 3.24. The highest BCUT2D eigenvalue weighted by atomic mass is 16.5. The van der Waals surface area contributed by atoms with E-state index in [1.807, 2.05) is 0 Å². The van der Waals surface area contributed by atoms with Gasteiger partial charge in [0.15, 0.2) is 0 Å². The number of likely N-dealkylation sites (N-methyl/N-ethyl adjacent to an activating group) is 1. The summed E-state index contributed by atoms with van der Waals surface area (Å²) in [6.45, 7) is 1.41. The quantitative estimate of drug-likeness (QED) is 0.598. The number of nitrogens with one attached hydrogen (secondary N) is 1. The van der Waals surface area contributed by atoms with Crippen molar-refractivity contribution in [3.05, 3.63) is 0 Å². The number of likely N-dealkylation sites (tertiary alicyclic amines) is 1. The molecule has 3 N–H and O–H groups in total. The van der Waals surface area contributed by atoms with Crippen molar-refractivity contribution in [1.29, 1.82) is 0 Å². The first-order valence-electron chi connectivity index (χ1n) is 5.45. The minimum Gasteiger partial charge on any atom is -0.379 e. The average molecular weight is 227 g/mol. The number of hydrogen-bond donors (Lipinski definition) is 2. The Morgan fingerprint density at radius 3 is 2.94 bits per heavy atom. The van der Waals surface area contributed by atoms with E-state index in [9.17, 15) is 9.59 Å². The smallest absolute Gasteiger partial charge is 0.244 e. The van der Waals surface area contributed by atoms with Crippen LogP contribution in [0.1, 0.15) is 12.8 Å². The van der Waals surface area contributed by atoms with E-state index in [0.29, 0.717) is 26.0 Å². The molecule has 2 heterocycles. The maximum Gasteiger partial charge on any atom is 0.244 e. The number of nitrogens with two attached hydrogens (primary N) is 1. The maximum atomic E-state index is 11.9. The Hall–Kier alpha value is -1.14. The van der Waals surface area contributed by atoms with E-state index in [4.69, 9.17) is 10.5 Å². The van der Waals surface area contributed by atoms with Crippen LogP contribution in [0.2, 0.25) is 0 Å². The van der Waals surface area contributed by atoms with Gasteiger partial charge in [0.25, 0.3) is 0 Å². The number of amides is 2. The zero-order valence-corrected chi connectivity index (χ0v) is 9.36. The van der Waals surface area contributed by atoms with Gasteiger partial charge in [0.1, 0.15) is 11.6 Å². The van der Waals surface area contributed by atoms with Crippen LogP contribution < -0.4 is 11.1 Å². The molecule has 0 aromatic rings. The molecule has 16 heavy (non-hydrogen) atoms. The Morgan fingerprint density at radius 1 is 1.69 bits per heavy atom. The Morgan fingerprint density at radius 2 is 2.44 bits per heavy atom. The van der Waals surface area contributed by atoms with Crippen molar-refractivity contribution >= 4 is 11.8 Å². The molecule has 2 aliphatic rings. The van der Waals surface area contributed by atoms with Gasteiger partial charge in [-0.3, -0.25) is 9.59 Å². The van der Waals surface area contributed by atoms with Gasteiger partial charge in [0.2, 0.25) is 11.8 Å². The highest BCUT2D eigenvalue weighted by Gasteiger charge is 2.41. The molecule has 2 atom stereocenters. The van der Waals surface area contributed by atoms with E-state index in [1.54, 1.807) is 11.9 Å². The Balaban J connectivity index is 1.95. The van der Waals surface area contributed by atoms with Crippen LogP contribution in [0, 0.1) is 0 Å². The summed E-state index contributed by atoms with van der Waals surface area (Å²) in [5, 5.41) is 2.71. The Kier molecular flexibility index (Phi) is 2.86. The van der Waals surface area contributed by atoms with Gasteiger partial charge in [0, 0.05) is 20.2 Å². The van der Waals surface area contributed by atoms with E-state index in [1.165, 1.54) is 0 Å². The maximum absolute atomic E-state index is 11.9. The van der Waals surface area contributed by atoms with Gasteiger partial charge in [-0.05, 0) is 12.8 Å². The summed E-state index contributed by atoms with van der Waals surface area (Å²) in [5.41, 5.74) is 4.94. The predicted octanol–water partition coefficient (Wildman–Crippen LogP) is -1.55.